The zero-order valence-corrected chi connectivity index (χ0v) is 18.9. The number of hydrogen-bond acceptors (Lipinski definition) is 7. The predicted molar refractivity (Wildman–Crippen MR) is 123 cm³/mol. The summed E-state index contributed by atoms with van der Waals surface area (Å²) in [5.41, 5.74) is 4.16. The highest BCUT2D eigenvalue weighted by atomic mass is 35.5. The maximum atomic E-state index is 12.2. The van der Waals surface area contributed by atoms with Crippen molar-refractivity contribution in [3.63, 3.8) is 0 Å². The van der Waals surface area contributed by atoms with Crippen molar-refractivity contribution in [3.05, 3.63) is 45.4 Å². The van der Waals surface area contributed by atoms with Gasteiger partial charge in [0.15, 0.2) is 0 Å². The molecule has 1 aliphatic carbocycles. The van der Waals surface area contributed by atoms with Gasteiger partial charge in [0.05, 0.1) is 30.1 Å². The molecule has 0 bridgehead atoms. The van der Waals surface area contributed by atoms with Crippen LogP contribution in [0.4, 0.5) is 0 Å². The van der Waals surface area contributed by atoms with E-state index in [2.05, 4.69) is 5.16 Å². The Labute approximate surface area is 193 Å². The number of benzene rings is 1. The first-order valence-electron chi connectivity index (χ1n) is 10.3. The van der Waals surface area contributed by atoms with Gasteiger partial charge in [0, 0.05) is 35.1 Å². The fourth-order valence-corrected chi connectivity index (χ4v) is 5.97. The molecule has 1 N–H and O–H groups in total. The van der Waals surface area contributed by atoms with Gasteiger partial charge in [0.25, 0.3) is 0 Å². The number of thiophene rings is 1. The van der Waals surface area contributed by atoms with Crippen molar-refractivity contribution >= 4 is 50.7 Å². The number of rotatable bonds is 4. The van der Waals surface area contributed by atoms with Gasteiger partial charge < -0.3 is 9.94 Å². The third kappa shape index (κ3) is 3.43. The number of hydrogen-bond donors (Lipinski definition) is 1. The van der Waals surface area contributed by atoms with Crippen molar-refractivity contribution in [2.45, 2.75) is 38.6 Å². The predicted octanol–water partition coefficient (Wildman–Crippen LogP) is 4.59. The lowest BCUT2D eigenvalue weighted by atomic mass is 9.91. The smallest absolute Gasteiger partial charge is 0.230 e. The standard InChI is InChI=1S/C23H20ClN3O4S/c1-31-14-5-2-12(3-6-14)20-21-15-7-4-13(26-30)10-17(15)32-23(21)25-16(22(20)24)11-27-18(28)8-9-19(27)29/h2-3,5-6,30H,4,7-11H2,1H3/b26-13-. The highest BCUT2D eigenvalue weighted by molar-refractivity contribution is 7.19. The number of aromatic nitrogens is 1. The summed E-state index contributed by atoms with van der Waals surface area (Å²) in [6.45, 7) is 0.0571. The number of pyridine rings is 1. The molecular weight excluding hydrogens is 450 g/mol. The Kier molecular flexibility index (Phi) is 5.35. The number of methoxy groups -OCH3 is 1. The Bertz CT molecular complexity index is 1270. The first kappa shape index (κ1) is 20.9. The van der Waals surface area contributed by atoms with Crippen molar-refractivity contribution in [1.82, 2.24) is 9.88 Å². The SMILES string of the molecule is COc1ccc(-c2c(Cl)c(CN3C(=O)CCC3=O)nc3sc4c(c23)CC/C(=N/O)C4)cc1. The van der Waals surface area contributed by atoms with Gasteiger partial charge in [-0.1, -0.05) is 28.9 Å². The molecule has 1 fully saturated rings. The van der Waals surface area contributed by atoms with Crippen LogP contribution in [0.15, 0.2) is 29.4 Å². The van der Waals surface area contributed by atoms with Gasteiger partial charge in [-0.3, -0.25) is 14.5 Å². The highest BCUT2D eigenvalue weighted by Gasteiger charge is 2.32. The molecule has 3 aromatic rings. The summed E-state index contributed by atoms with van der Waals surface area (Å²) in [5, 5.41) is 14.1. The molecule has 1 aliphatic heterocycles. The molecule has 1 saturated heterocycles. The third-order valence-corrected chi connectivity index (χ3v) is 7.58. The molecule has 2 aromatic heterocycles. The van der Waals surface area contributed by atoms with E-state index in [1.165, 1.54) is 4.90 Å². The van der Waals surface area contributed by atoms with Crippen LogP contribution in [0.5, 0.6) is 5.75 Å². The van der Waals surface area contributed by atoms with Gasteiger partial charge in [-0.25, -0.2) is 4.98 Å². The van der Waals surface area contributed by atoms with Gasteiger partial charge >= 0.3 is 0 Å². The van der Waals surface area contributed by atoms with E-state index in [0.717, 1.165) is 49.7 Å². The molecule has 32 heavy (non-hydrogen) atoms. The lowest BCUT2D eigenvalue weighted by molar-refractivity contribution is -0.139. The highest BCUT2D eigenvalue weighted by Crippen LogP contribution is 2.45. The van der Waals surface area contributed by atoms with Crippen LogP contribution < -0.4 is 4.74 Å². The second kappa shape index (κ2) is 8.18. The first-order valence-corrected chi connectivity index (χ1v) is 11.5. The number of imide groups is 1. The lowest BCUT2D eigenvalue weighted by Crippen LogP contribution is -2.29. The maximum Gasteiger partial charge on any atom is 0.230 e. The van der Waals surface area contributed by atoms with E-state index in [9.17, 15) is 14.8 Å². The maximum absolute atomic E-state index is 12.2. The van der Waals surface area contributed by atoms with Crippen molar-refractivity contribution in [3.8, 4) is 16.9 Å². The van der Waals surface area contributed by atoms with Crippen LogP contribution in [0.1, 0.15) is 35.4 Å². The van der Waals surface area contributed by atoms with Crippen molar-refractivity contribution in [2.75, 3.05) is 7.11 Å². The molecule has 7 nitrogen and oxygen atoms in total. The van der Waals surface area contributed by atoms with E-state index in [1.54, 1.807) is 18.4 Å². The molecule has 0 saturated carbocycles. The second-order valence-electron chi connectivity index (χ2n) is 7.88. The number of likely N-dealkylation sites (tertiary alicyclic amines) is 1. The van der Waals surface area contributed by atoms with E-state index in [0.29, 0.717) is 23.6 Å². The molecule has 3 heterocycles. The molecule has 2 amide bonds. The van der Waals surface area contributed by atoms with E-state index in [4.69, 9.17) is 21.3 Å². The molecule has 5 rings (SSSR count). The van der Waals surface area contributed by atoms with Crippen LogP contribution >= 0.6 is 22.9 Å². The summed E-state index contributed by atoms with van der Waals surface area (Å²) >= 11 is 8.47. The Morgan fingerprint density at radius 1 is 1.16 bits per heavy atom. The van der Waals surface area contributed by atoms with Crippen LogP contribution in [0, 0.1) is 0 Å². The number of carbonyl (C=O) groups is 2. The number of fused-ring (bicyclic) bond motifs is 3. The fraction of sp³-hybridized carbons (Fsp3) is 0.304. The van der Waals surface area contributed by atoms with Gasteiger partial charge in [-0.15, -0.1) is 11.3 Å². The average Bonchev–Trinajstić information content (AvgIpc) is 3.33. The monoisotopic (exact) mass is 469 g/mol. The number of ether oxygens (including phenoxy) is 1. The Morgan fingerprint density at radius 3 is 2.53 bits per heavy atom. The zero-order valence-electron chi connectivity index (χ0n) is 17.4. The van der Waals surface area contributed by atoms with Crippen molar-refractivity contribution in [2.24, 2.45) is 5.16 Å². The van der Waals surface area contributed by atoms with E-state index in [1.807, 2.05) is 24.3 Å². The average molecular weight is 470 g/mol. The summed E-state index contributed by atoms with van der Waals surface area (Å²) in [7, 11) is 1.62. The fourth-order valence-electron chi connectivity index (χ4n) is 4.38. The van der Waals surface area contributed by atoms with Crippen molar-refractivity contribution in [1.29, 1.82) is 0 Å². The number of amides is 2. The molecule has 9 heteroatoms. The van der Waals surface area contributed by atoms with E-state index < -0.39 is 0 Å². The topological polar surface area (TPSA) is 92.1 Å². The van der Waals surface area contributed by atoms with Gasteiger partial charge in [0.2, 0.25) is 11.8 Å². The Balaban J connectivity index is 1.71. The number of oxime groups is 1. The summed E-state index contributed by atoms with van der Waals surface area (Å²) in [4.78, 5) is 32.3. The van der Waals surface area contributed by atoms with Crippen LogP contribution in [0.3, 0.4) is 0 Å². The minimum absolute atomic E-state index is 0.0571. The number of aryl methyl sites for hydroxylation is 1. The van der Waals surface area contributed by atoms with Gasteiger partial charge in [0.1, 0.15) is 10.6 Å². The number of carbonyl (C=O) groups excluding carboxylic acids is 2. The number of halogens is 1. The Hall–Kier alpha value is -2.97. The number of nitrogens with zero attached hydrogens (tertiary/aromatic N) is 3. The van der Waals surface area contributed by atoms with Gasteiger partial charge in [-0.05, 0) is 36.1 Å². The summed E-state index contributed by atoms with van der Waals surface area (Å²) in [6.07, 6.45) is 2.43. The summed E-state index contributed by atoms with van der Waals surface area (Å²) in [6, 6.07) is 7.65. The molecule has 164 valence electrons. The third-order valence-electron chi connectivity index (χ3n) is 6.04. The first-order chi connectivity index (χ1) is 15.5. The van der Waals surface area contributed by atoms with Crippen LogP contribution in [-0.4, -0.2) is 39.7 Å². The Morgan fingerprint density at radius 2 is 1.88 bits per heavy atom. The zero-order chi connectivity index (χ0) is 22.4. The molecule has 2 aliphatic rings. The minimum atomic E-state index is -0.201. The summed E-state index contributed by atoms with van der Waals surface area (Å²) in [5.74, 6) is 0.335. The second-order valence-corrected chi connectivity index (χ2v) is 9.34. The quantitative estimate of drug-likeness (QED) is 0.342. The molecule has 1 aromatic carbocycles. The lowest BCUT2D eigenvalue weighted by Gasteiger charge is -2.18. The molecule has 0 unspecified atom stereocenters. The van der Waals surface area contributed by atoms with Crippen LogP contribution in [0.25, 0.3) is 21.3 Å². The summed E-state index contributed by atoms with van der Waals surface area (Å²) < 4.78 is 5.30. The molecule has 0 atom stereocenters. The van der Waals surface area contributed by atoms with E-state index >= 15 is 0 Å². The molecular formula is C23H20ClN3O4S. The molecule has 0 spiro atoms. The largest absolute Gasteiger partial charge is 0.497 e. The van der Waals surface area contributed by atoms with Gasteiger partial charge in [-0.2, -0.15) is 0 Å². The van der Waals surface area contributed by atoms with Crippen molar-refractivity contribution < 1.29 is 19.5 Å². The minimum Gasteiger partial charge on any atom is -0.497 e. The van der Waals surface area contributed by atoms with Crippen LogP contribution in [-0.2, 0) is 29.0 Å². The normalized spacial score (nSPS) is 17.4. The van der Waals surface area contributed by atoms with Crippen LogP contribution in [0.2, 0.25) is 5.02 Å². The molecule has 0 radical (unpaired) electrons. The van der Waals surface area contributed by atoms with E-state index in [-0.39, 0.29) is 31.2 Å².